The summed E-state index contributed by atoms with van der Waals surface area (Å²) in [7, 11) is -3.82. The van der Waals surface area contributed by atoms with Gasteiger partial charge >= 0.3 is 5.97 Å². The second kappa shape index (κ2) is 7.77. The summed E-state index contributed by atoms with van der Waals surface area (Å²) in [5, 5.41) is 1.88. The quantitative estimate of drug-likeness (QED) is 0.637. The molecule has 1 atom stereocenters. The van der Waals surface area contributed by atoms with Crippen molar-refractivity contribution in [3.05, 3.63) is 72.3 Å². The Morgan fingerprint density at radius 3 is 2.37 bits per heavy atom. The predicted octanol–water partition coefficient (Wildman–Crippen LogP) is 3.39. The van der Waals surface area contributed by atoms with Crippen molar-refractivity contribution in [2.75, 3.05) is 5.48 Å². The van der Waals surface area contributed by atoms with Gasteiger partial charge in [0.1, 0.15) is 6.04 Å². The number of hydrogen-bond acceptors (Lipinski definition) is 5. The van der Waals surface area contributed by atoms with Crippen molar-refractivity contribution in [2.24, 2.45) is 0 Å². The van der Waals surface area contributed by atoms with E-state index in [4.69, 9.17) is 4.84 Å². The highest BCUT2D eigenvalue weighted by Gasteiger charge is 2.23. The molecular weight excluding hydrogens is 364 g/mol. The van der Waals surface area contributed by atoms with Gasteiger partial charge in [-0.2, -0.15) is 4.72 Å². The summed E-state index contributed by atoms with van der Waals surface area (Å²) in [5.41, 5.74) is 4.18. The monoisotopic (exact) mass is 384 g/mol. The van der Waals surface area contributed by atoms with E-state index in [0.29, 0.717) is 5.69 Å². The molecule has 7 heteroatoms. The van der Waals surface area contributed by atoms with Crippen molar-refractivity contribution in [1.82, 2.24) is 4.72 Å². The maximum Gasteiger partial charge on any atom is 0.349 e. The minimum Gasteiger partial charge on any atom is -0.342 e. The van der Waals surface area contributed by atoms with Crippen LogP contribution in [0.4, 0.5) is 5.69 Å². The zero-order valence-electron chi connectivity index (χ0n) is 15.0. The average Bonchev–Trinajstić information content (AvgIpc) is 2.66. The van der Waals surface area contributed by atoms with E-state index in [2.05, 4.69) is 10.2 Å². The molecule has 0 aliphatic carbocycles. The molecule has 0 radical (unpaired) electrons. The van der Waals surface area contributed by atoms with Crippen LogP contribution in [0.25, 0.3) is 10.8 Å². The Bertz CT molecular complexity index is 1060. The fourth-order valence-corrected chi connectivity index (χ4v) is 3.77. The number of nitrogens with one attached hydrogen (secondary N) is 2. The molecule has 0 amide bonds. The Hall–Kier alpha value is -2.90. The highest BCUT2D eigenvalue weighted by Crippen LogP contribution is 2.23. The first-order valence-electron chi connectivity index (χ1n) is 8.40. The van der Waals surface area contributed by atoms with Gasteiger partial charge in [-0.1, -0.05) is 54.1 Å². The van der Waals surface area contributed by atoms with Crippen LogP contribution in [0.2, 0.25) is 0 Å². The Balaban J connectivity index is 1.66. The highest BCUT2D eigenvalue weighted by molar-refractivity contribution is 7.89. The second-order valence-electron chi connectivity index (χ2n) is 6.21. The lowest BCUT2D eigenvalue weighted by Crippen LogP contribution is -2.40. The summed E-state index contributed by atoms with van der Waals surface area (Å²) >= 11 is 0. The van der Waals surface area contributed by atoms with Crippen LogP contribution in [0.3, 0.4) is 0 Å². The van der Waals surface area contributed by atoms with Crippen LogP contribution in [-0.4, -0.2) is 20.4 Å². The van der Waals surface area contributed by atoms with E-state index in [1.165, 1.54) is 19.1 Å². The van der Waals surface area contributed by atoms with Gasteiger partial charge < -0.3 is 4.84 Å². The molecular formula is C20H20N2O4S. The molecule has 0 saturated carbocycles. The van der Waals surface area contributed by atoms with E-state index in [9.17, 15) is 13.2 Å². The fourth-order valence-electron chi connectivity index (χ4n) is 2.57. The maximum atomic E-state index is 12.4. The van der Waals surface area contributed by atoms with E-state index < -0.39 is 22.0 Å². The zero-order chi connectivity index (χ0) is 19.4. The Kier molecular flexibility index (Phi) is 5.43. The summed E-state index contributed by atoms with van der Waals surface area (Å²) in [6.07, 6.45) is 0. The van der Waals surface area contributed by atoms with Crippen LogP contribution in [0.1, 0.15) is 12.5 Å². The molecule has 0 aliphatic heterocycles. The van der Waals surface area contributed by atoms with Crippen molar-refractivity contribution in [1.29, 1.82) is 0 Å². The van der Waals surface area contributed by atoms with Crippen LogP contribution in [0.15, 0.2) is 71.6 Å². The third-order valence-electron chi connectivity index (χ3n) is 4.07. The number of fused-ring (bicyclic) bond motifs is 1. The number of anilines is 1. The Morgan fingerprint density at radius 1 is 0.963 bits per heavy atom. The molecule has 3 aromatic rings. The molecule has 0 fully saturated rings. The SMILES string of the molecule is Cc1ccc(S(=O)(=O)NC(C)C(=O)ONc2cccc3ccccc23)cc1. The average molecular weight is 384 g/mol. The molecule has 0 aromatic heterocycles. The van der Waals surface area contributed by atoms with Gasteiger partial charge in [-0.15, -0.1) is 0 Å². The van der Waals surface area contributed by atoms with Gasteiger partial charge in [0.05, 0.1) is 10.6 Å². The molecule has 0 aliphatic rings. The molecule has 0 saturated heterocycles. The lowest BCUT2D eigenvalue weighted by atomic mass is 10.1. The zero-order valence-corrected chi connectivity index (χ0v) is 15.8. The molecule has 0 heterocycles. The lowest BCUT2D eigenvalue weighted by Gasteiger charge is -2.15. The number of carbonyl (C=O) groups is 1. The molecule has 0 spiro atoms. The summed E-state index contributed by atoms with van der Waals surface area (Å²) in [5.74, 6) is -0.737. The Morgan fingerprint density at radius 2 is 1.63 bits per heavy atom. The number of sulfonamides is 1. The lowest BCUT2D eigenvalue weighted by molar-refractivity contribution is -0.142. The van der Waals surface area contributed by atoms with Crippen LogP contribution < -0.4 is 10.2 Å². The smallest absolute Gasteiger partial charge is 0.342 e. The predicted molar refractivity (Wildman–Crippen MR) is 105 cm³/mol. The van der Waals surface area contributed by atoms with Gasteiger partial charge in [0.2, 0.25) is 10.0 Å². The molecule has 1 unspecified atom stereocenters. The molecule has 27 heavy (non-hydrogen) atoms. The highest BCUT2D eigenvalue weighted by atomic mass is 32.2. The van der Waals surface area contributed by atoms with Crippen LogP contribution in [-0.2, 0) is 19.7 Å². The topological polar surface area (TPSA) is 84.5 Å². The standard InChI is InChI=1S/C20H20N2O4S/c1-14-10-12-17(13-11-14)27(24,25)22-15(2)20(23)26-21-19-9-5-7-16-6-3-4-8-18(16)19/h3-13,15,21-22H,1-2H3. The summed E-state index contributed by atoms with van der Waals surface area (Å²) in [4.78, 5) is 17.4. The number of carbonyl (C=O) groups excluding carboxylic acids is 1. The molecule has 3 rings (SSSR count). The van der Waals surface area contributed by atoms with Crippen LogP contribution in [0, 0.1) is 6.92 Å². The van der Waals surface area contributed by atoms with Crippen molar-refractivity contribution < 1.29 is 18.0 Å². The van der Waals surface area contributed by atoms with E-state index in [1.54, 1.807) is 18.2 Å². The number of rotatable bonds is 6. The van der Waals surface area contributed by atoms with Gasteiger partial charge in [0.15, 0.2) is 0 Å². The van der Waals surface area contributed by atoms with E-state index in [-0.39, 0.29) is 4.90 Å². The van der Waals surface area contributed by atoms with E-state index in [1.807, 2.05) is 43.3 Å². The summed E-state index contributed by atoms with van der Waals surface area (Å²) < 4.78 is 27.1. The van der Waals surface area contributed by atoms with Gasteiger partial charge in [0.25, 0.3) is 0 Å². The van der Waals surface area contributed by atoms with Gasteiger partial charge in [-0.05, 0) is 37.4 Å². The molecule has 2 N–H and O–H groups in total. The first-order valence-corrected chi connectivity index (χ1v) is 9.88. The van der Waals surface area contributed by atoms with Crippen molar-refractivity contribution in [3.8, 4) is 0 Å². The molecule has 3 aromatic carbocycles. The van der Waals surface area contributed by atoms with Crippen molar-refractivity contribution in [2.45, 2.75) is 24.8 Å². The van der Waals surface area contributed by atoms with E-state index >= 15 is 0 Å². The third-order valence-corrected chi connectivity index (χ3v) is 5.62. The molecule has 6 nitrogen and oxygen atoms in total. The first kappa shape index (κ1) is 18.9. The van der Waals surface area contributed by atoms with Gasteiger partial charge in [-0.25, -0.2) is 18.7 Å². The van der Waals surface area contributed by atoms with Crippen LogP contribution in [0.5, 0.6) is 0 Å². The Labute approximate surface area is 158 Å². The summed E-state index contributed by atoms with van der Waals surface area (Å²) in [6, 6.07) is 18.5. The van der Waals surface area contributed by atoms with E-state index in [0.717, 1.165) is 16.3 Å². The largest absolute Gasteiger partial charge is 0.349 e. The number of hydrogen-bond donors (Lipinski definition) is 2. The van der Waals surface area contributed by atoms with Crippen LogP contribution >= 0.6 is 0 Å². The summed E-state index contributed by atoms with van der Waals surface area (Å²) in [6.45, 7) is 3.29. The van der Waals surface area contributed by atoms with Gasteiger partial charge in [-0.3, -0.25) is 0 Å². The minimum absolute atomic E-state index is 0.0924. The van der Waals surface area contributed by atoms with Crippen molar-refractivity contribution >= 4 is 32.5 Å². The fraction of sp³-hybridized carbons (Fsp3) is 0.150. The number of aryl methyl sites for hydroxylation is 1. The molecule has 0 bridgehead atoms. The van der Waals surface area contributed by atoms with Crippen molar-refractivity contribution in [3.63, 3.8) is 0 Å². The normalized spacial score (nSPS) is 12.5. The minimum atomic E-state index is -3.82. The number of benzene rings is 3. The first-order chi connectivity index (χ1) is 12.9. The third kappa shape index (κ3) is 4.45. The maximum absolute atomic E-state index is 12.4. The van der Waals surface area contributed by atoms with Gasteiger partial charge in [0, 0.05) is 5.39 Å². The second-order valence-corrected chi connectivity index (χ2v) is 7.92. The molecule has 140 valence electrons.